The van der Waals surface area contributed by atoms with E-state index < -0.39 is 11.7 Å². The van der Waals surface area contributed by atoms with Crippen molar-refractivity contribution in [1.29, 1.82) is 0 Å². The zero-order valence-electron chi connectivity index (χ0n) is 10.4. The second-order valence-electron chi connectivity index (χ2n) is 5.06. The molecule has 0 aromatic heterocycles. The molecule has 0 saturated carbocycles. The lowest BCUT2D eigenvalue weighted by Crippen LogP contribution is -2.48. The molecule has 1 heterocycles. The number of halogens is 3. The van der Waals surface area contributed by atoms with Gasteiger partial charge in [0, 0.05) is 17.5 Å². The first-order valence-corrected chi connectivity index (χ1v) is 5.83. The molecule has 0 unspecified atom stereocenters. The molecule has 0 aliphatic carbocycles. The molecular weight excluding hydrogens is 259 g/mol. The zero-order chi connectivity index (χ0) is 14.1. The standard InChI is InChI=1S/C13H14F3NO2/c1-12(7-19-8-12)6-17-11(18)9-2-4-10(5-3-9)13(14,15)16/h2-5H,6-8H2,1H3,(H,17,18). The topological polar surface area (TPSA) is 38.3 Å². The molecule has 1 aromatic carbocycles. The van der Waals surface area contributed by atoms with Gasteiger partial charge in [-0.1, -0.05) is 6.92 Å². The van der Waals surface area contributed by atoms with Gasteiger partial charge >= 0.3 is 6.18 Å². The summed E-state index contributed by atoms with van der Waals surface area (Å²) in [6.45, 7) is 3.59. The van der Waals surface area contributed by atoms with Crippen LogP contribution in [0.25, 0.3) is 0 Å². The van der Waals surface area contributed by atoms with Crippen molar-refractivity contribution < 1.29 is 22.7 Å². The van der Waals surface area contributed by atoms with Gasteiger partial charge in [0.2, 0.25) is 0 Å². The second-order valence-corrected chi connectivity index (χ2v) is 5.06. The lowest BCUT2D eigenvalue weighted by Gasteiger charge is -2.38. The first-order chi connectivity index (χ1) is 8.80. The maximum absolute atomic E-state index is 12.4. The maximum Gasteiger partial charge on any atom is 0.416 e. The van der Waals surface area contributed by atoms with Gasteiger partial charge in [-0.3, -0.25) is 4.79 Å². The van der Waals surface area contributed by atoms with E-state index >= 15 is 0 Å². The van der Waals surface area contributed by atoms with Gasteiger partial charge in [-0.15, -0.1) is 0 Å². The van der Waals surface area contributed by atoms with Crippen LogP contribution in [0, 0.1) is 5.41 Å². The number of alkyl halides is 3. The number of rotatable bonds is 3. The van der Waals surface area contributed by atoms with E-state index in [-0.39, 0.29) is 16.9 Å². The van der Waals surface area contributed by atoms with Crippen molar-refractivity contribution in [2.45, 2.75) is 13.1 Å². The number of hydrogen-bond donors (Lipinski definition) is 1. The highest BCUT2D eigenvalue weighted by molar-refractivity contribution is 5.94. The van der Waals surface area contributed by atoms with Crippen molar-refractivity contribution in [3.63, 3.8) is 0 Å². The molecule has 1 fully saturated rings. The SMILES string of the molecule is CC1(CNC(=O)c2ccc(C(F)(F)F)cc2)COC1. The van der Waals surface area contributed by atoms with E-state index in [1.165, 1.54) is 12.1 Å². The van der Waals surface area contributed by atoms with E-state index in [9.17, 15) is 18.0 Å². The van der Waals surface area contributed by atoms with Gasteiger partial charge in [0.25, 0.3) is 5.91 Å². The summed E-state index contributed by atoms with van der Waals surface area (Å²) in [6.07, 6.45) is -4.38. The number of ether oxygens (including phenoxy) is 1. The molecule has 2 rings (SSSR count). The smallest absolute Gasteiger partial charge is 0.380 e. The van der Waals surface area contributed by atoms with Gasteiger partial charge in [-0.05, 0) is 24.3 Å². The predicted octanol–water partition coefficient (Wildman–Crippen LogP) is 2.47. The van der Waals surface area contributed by atoms with Crippen LogP contribution in [0.5, 0.6) is 0 Å². The van der Waals surface area contributed by atoms with Crippen molar-refractivity contribution in [3.8, 4) is 0 Å². The van der Waals surface area contributed by atoms with Crippen LogP contribution in [0.4, 0.5) is 13.2 Å². The molecule has 0 bridgehead atoms. The summed E-state index contributed by atoms with van der Waals surface area (Å²) < 4.78 is 42.1. The number of carbonyl (C=O) groups is 1. The fourth-order valence-electron chi connectivity index (χ4n) is 1.76. The summed E-state index contributed by atoms with van der Waals surface area (Å²) in [6, 6.07) is 4.17. The molecule has 6 heteroatoms. The third kappa shape index (κ3) is 3.26. The van der Waals surface area contributed by atoms with E-state index in [0.29, 0.717) is 19.8 Å². The fourth-order valence-corrected chi connectivity index (χ4v) is 1.76. The lowest BCUT2D eigenvalue weighted by molar-refractivity contribution is -0.137. The van der Waals surface area contributed by atoms with Crippen LogP contribution >= 0.6 is 0 Å². The largest absolute Gasteiger partial charge is 0.416 e. The molecule has 0 spiro atoms. The molecule has 0 radical (unpaired) electrons. The Morgan fingerprint density at radius 3 is 2.32 bits per heavy atom. The van der Waals surface area contributed by atoms with E-state index in [2.05, 4.69) is 5.32 Å². The Kier molecular flexibility index (Phi) is 3.54. The van der Waals surface area contributed by atoms with Gasteiger partial charge in [-0.25, -0.2) is 0 Å². The zero-order valence-corrected chi connectivity index (χ0v) is 10.4. The summed E-state index contributed by atoms with van der Waals surface area (Å²) in [7, 11) is 0. The Morgan fingerprint density at radius 2 is 1.89 bits per heavy atom. The highest BCUT2D eigenvalue weighted by atomic mass is 19.4. The fraction of sp³-hybridized carbons (Fsp3) is 0.462. The molecule has 1 saturated heterocycles. The van der Waals surface area contributed by atoms with Gasteiger partial charge in [-0.2, -0.15) is 13.2 Å². The van der Waals surface area contributed by atoms with Crippen molar-refractivity contribution in [1.82, 2.24) is 5.32 Å². The Morgan fingerprint density at radius 1 is 1.32 bits per heavy atom. The quantitative estimate of drug-likeness (QED) is 0.918. The third-order valence-corrected chi connectivity index (χ3v) is 3.05. The molecule has 1 aromatic rings. The average Bonchev–Trinajstić information content (AvgIpc) is 2.33. The summed E-state index contributed by atoms with van der Waals surface area (Å²) >= 11 is 0. The van der Waals surface area contributed by atoms with Gasteiger partial charge < -0.3 is 10.1 Å². The summed E-state index contributed by atoms with van der Waals surface area (Å²) in [4.78, 5) is 11.8. The molecule has 1 N–H and O–H groups in total. The van der Waals surface area contributed by atoms with Crippen LogP contribution in [-0.4, -0.2) is 25.7 Å². The van der Waals surface area contributed by atoms with E-state index in [1.807, 2.05) is 6.92 Å². The number of amides is 1. The molecule has 104 valence electrons. The van der Waals surface area contributed by atoms with E-state index in [1.54, 1.807) is 0 Å². The molecule has 19 heavy (non-hydrogen) atoms. The third-order valence-electron chi connectivity index (χ3n) is 3.05. The van der Waals surface area contributed by atoms with Gasteiger partial charge in [0.05, 0.1) is 18.8 Å². The van der Waals surface area contributed by atoms with Crippen molar-refractivity contribution in [2.24, 2.45) is 5.41 Å². The second kappa shape index (κ2) is 4.85. The number of nitrogens with one attached hydrogen (secondary N) is 1. The summed E-state index contributed by atoms with van der Waals surface area (Å²) in [5, 5.41) is 2.70. The number of carbonyl (C=O) groups excluding carboxylic acids is 1. The Balaban J connectivity index is 1.96. The highest BCUT2D eigenvalue weighted by Gasteiger charge is 2.34. The average molecular weight is 273 g/mol. The molecular formula is C13H14F3NO2. The number of benzene rings is 1. The van der Waals surface area contributed by atoms with Crippen LogP contribution in [0.1, 0.15) is 22.8 Å². The molecule has 1 amide bonds. The first-order valence-electron chi connectivity index (χ1n) is 5.83. The minimum Gasteiger partial charge on any atom is -0.380 e. The van der Waals surface area contributed by atoms with E-state index in [4.69, 9.17) is 4.74 Å². The van der Waals surface area contributed by atoms with Crippen molar-refractivity contribution in [3.05, 3.63) is 35.4 Å². The summed E-state index contributed by atoms with van der Waals surface area (Å²) in [5.74, 6) is -0.373. The van der Waals surface area contributed by atoms with Crippen LogP contribution in [0.15, 0.2) is 24.3 Å². The molecule has 1 aliphatic heterocycles. The maximum atomic E-state index is 12.4. The Bertz CT molecular complexity index is 464. The van der Waals surface area contributed by atoms with Crippen LogP contribution in [0.2, 0.25) is 0 Å². The normalized spacial score (nSPS) is 17.7. The monoisotopic (exact) mass is 273 g/mol. The van der Waals surface area contributed by atoms with Crippen molar-refractivity contribution >= 4 is 5.91 Å². The van der Waals surface area contributed by atoms with Crippen LogP contribution in [0.3, 0.4) is 0 Å². The van der Waals surface area contributed by atoms with Crippen LogP contribution in [-0.2, 0) is 10.9 Å². The molecule has 0 atom stereocenters. The molecule has 1 aliphatic rings. The van der Waals surface area contributed by atoms with Gasteiger partial charge in [0.1, 0.15) is 0 Å². The highest BCUT2D eigenvalue weighted by Crippen LogP contribution is 2.29. The number of hydrogen-bond acceptors (Lipinski definition) is 2. The predicted molar refractivity (Wildman–Crippen MR) is 62.7 cm³/mol. The minimum absolute atomic E-state index is 0.0679. The van der Waals surface area contributed by atoms with Crippen LogP contribution < -0.4 is 5.32 Å². The minimum atomic E-state index is -4.38. The van der Waals surface area contributed by atoms with E-state index in [0.717, 1.165) is 12.1 Å². The Hall–Kier alpha value is -1.56. The first kappa shape index (κ1) is 13.9. The van der Waals surface area contributed by atoms with Crippen molar-refractivity contribution in [2.75, 3.05) is 19.8 Å². The Labute approximate surface area is 108 Å². The molecule has 3 nitrogen and oxygen atoms in total. The lowest BCUT2D eigenvalue weighted by atomic mass is 9.88. The summed E-state index contributed by atoms with van der Waals surface area (Å²) in [5.41, 5.74) is -0.609. The van der Waals surface area contributed by atoms with Gasteiger partial charge in [0.15, 0.2) is 0 Å².